The van der Waals surface area contributed by atoms with E-state index in [1.165, 1.54) is 18.9 Å². The summed E-state index contributed by atoms with van der Waals surface area (Å²) in [5.74, 6) is 0.398. The van der Waals surface area contributed by atoms with Gasteiger partial charge in [-0.15, -0.1) is 0 Å². The first-order chi connectivity index (χ1) is 9.74. The molecule has 5 heteroatoms. The number of carboxylic acid groups (broad SMARTS) is 1. The SMILES string of the molecule is O=C(O)c1cc2c(cc1OC1CCCCCC1)OCO2. The quantitative estimate of drug-likeness (QED) is 0.860. The van der Waals surface area contributed by atoms with Crippen LogP contribution in [0, 0.1) is 0 Å². The zero-order valence-electron chi connectivity index (χ0n) is 11.3. The molecule has 0 unspecified atom stereocenters. The summed E-state index contributed by atoms with van der Waals surface area (Å²) in [5.41, 5.74) is 0.137. The molecule has 0 aromatic heterocycles. The second-order valence-corrected chi connectivity index (χ2v) is 5.24. The topological polar surface area (TPSA) is 65.0 Å². The average Bonchev–Trinajstić information content (AvgIpc) is 2.73. The first-order valence-electron chi connectivity index (χ1n) is 7.07. The van der Waals surface area contributed by atoms with Gasteiger partial charge in [0, 0.05) is 12.1 Å². The van der Waals surface area contributed by atoms with Gasteiger partial charge in [0.15, 0.2) is 11.5 Å². The van der Waals surface area contributed by atoms with Crippen molar-refractivity contribution in [3.8, 4) is 17.2 Å². The molecule has 5 nitrogen and oxygen atoms in total. The van der Waals surface area contributed by atoms with Crippen molar-refractivity contribution < 1.29 is 24.1 Å². The number of rotatable bonds is 3. The van der Waals surface area contributed by atoms with Crippen molar-refractivity contribution in [3.63, 3.8) is 0 Å². The summed E-state index contributed by atoms with van der Waals surface area (Å²) in [6.07, 6.45) is 6.78. The lowest BCUT2D eigenvalue weighted by Gasteiger charge is -2.18. The Hall–Kier alpha value is -1.91. The number of aromatic carboxylic acids is 1. The summed E-state index contributed by atoms with van der Waals surface area (Å²) >= 11 is 0. The Morgan fingerprint density at radius 1 is 1.10 bits per heavy atom. The minimum atomic E-state index is -1.01. The summed E-state index contributed by atoms with van der Waals surface area (Å²) in [5, 5.41) is 9.31. The predicted octanol–water partition coefficient (Wildman–Crippen LogP) is 3.22. The summed E-state index contributed by atoms with van der Waals surface area (Å²) in [4.78, 5) is 11.4. The molecule has 1 N–H and O–H groups in total. The third kappa shape index (κ3) is 2.66. The third-order valence-electron chi connectivity index (χ3n) is 3.80. The lowest BCUT2D eigenvalue weighted by atomic mass is 10.1. The van der Waals surface area contributed by atoms with Crippen molar-refractivity contribution in [1.29, 1.82) is 0 Å². The molecule has 0 saturated heterocycles. The first-order valence-corrected chi connectivity index (χ1v) is 7.07. The first kappa shape index (κ1) is 13.1. The second kappa shape index (κ2) is 5.61. The summed E-state index contributed by atoms with van der Waals surface area (Å²) in [6, 6.07) is 3.12. The van der Waals surface area contributed by atoms with E-state index in [-0.39, 0.29) is 18.5 Å². The van der Waals surface area contributed by atoms with Crippen LogP contribution < -0.4 is 14.2 Å². The number of hydrogen-bond acceptors (Lipinski definition) is 4. The van der Waals surface area contributed by atoms with Crippen LogP contribution in [0.3, 0.4) is 0 Å². The van der Waals surface area contributed by atoms with Crippen LogP contribution in [-0.4, -0.2) is 24.0 Å². The molecule has 1 aromatic rings. The van der Waals surface area contributed by atoms with Gasteiger partial charge in [0.25, 0.3) is 0 Å². The van der Waals surface area contributed by atoms with Crippen molar-refractivity contribution in [2.45, 2.75) is 44.6 Å². The molecule has 2 aliphatic rings. The summed E-state index contributed by atoms with van der Waals surface area (Å²) in [7, 11) is 0. The van der Waals surface area contributed by atoms with E-state index in [1.807, 2.05) is 0 Å². The van der Waals surface area contributed by atoms with E-state index in [2.05, 4.69) is 0 Å². The van der Waals surface area contributed by atoms with Gasteiger partial charge in [-0.3, -0.25) is 0 Å². The van der Waals surface area contributed by atoms with Gasteiger partial charge in [0.1, 0.15) is 11.3 Å². The Balaban J connectivity index is 1.85. The monoisotopic (exact) mass is 278 g/mol. The van der Waals surface area contributed by atoms with Crippen LogP contribution in [0.5, 0.6) is 17.2 Å². The normalized spacial score (nSPS) is 18.6. The van der Waals surface area contributed by atoms with Gasteiger partial charge in [-0.05, 0) is 25.7 Å². The predicted molar refractivity (Wildman–Crippen MR) is 71.6 cm³/mol. The molecular weight excluding hydrogens is 260 g/mol. The molecule has 0 bridgehead atoms. The Labute approximate surface area is 117 Å². The van der Waals surface area contributed by atoms with Crippen molar-refractivity contribution in [3.05, 3.63) is 17.7 Å². The van der Waals surface area contributed by atoms with Gasteiger partial charge in [0.05, 0.1) is 6.10 Å². The van der Waals surface area contributed by atoms with Crippen LogP contribution in [0.2, 0.25) is 0 Å². The highest BCUT2D eigenvalue weighted by molar-refractivity contribution is 5.92. The molecule has 1 aliphatic heterocycles. The van der Waals surface area contributed by atoms with E-state index in [4.69, 9.17) is 14.2 Å². The van der Waals surface area contributed by atoms with E-state index in [9.17, 15) is 9.90 Å². The highest BCUT2D eigenvalue weighted by Crippen LogP contribution is 2.39. The lowest BCUT2D eigenvalue weighted by Crippen LogP contribution is -2.17. The number of carboxylic acids is 1. The van der Waals surface area contributed by atoms with E-state index < -0.39 is 5.97 Å². The summed E-state index contributed by atoms with van der Waals surface area (Å²) in [6.45, 7) is 0.126. The Bertz CT molecular complexity index is 503. The van der Waals surface area contributed by atoms with Crippen LogP contribution in [0.25, 0.3) is 0 Å². The minimum Gasteiger partial charge on any atom is -0.489 e. The molecule has 1 aromatic carbocycles. The number of benzene rings is 1. The molecule has 1 heterocycles. The second-order valence-electron chi connectivity index (χ2n) is 5.24. The highest BCUT2D eigenvalue weighted by Gasteiger charge is 2.24. The number of fused-ring (bicyclic) bond motifs is 1. The Morgan fingerprint density at radius 2 is 1.75 bits per heavy atom. The number of ether oxygens (including phenoxy) is 3. The van der Waals surface area contributed by atoms with Crippen molar-refractivity contribution in [2.24, 2.45) is 0 Å². The Kier molecular flexibility index (Phi) is 3.67. The zero-order chi connectivity index (χ0) is 13.9. The Morgan fingerprint density at radius 3 is 2.40 bits per heavy atom. The largest absolute Gasteiger partial charge is 0.489 e. The molecule has 20 heavy (non-hydrogen) atoms. The molecule has 0 spiro atoms. The molecular formula is C15H18O5. The molecule has 0 atom stereocenters. The minimum absolute atomic E-state index is 0.0935. The van der Waals surface area contributed by atoms with Gasteiger partial charge in [-0.2, -0.15) is 0 Å². The standard InChI is InChI=1S/C15H18O5/c16-15(17)11-7-13-14(19-9-18-13)8-12(11)20-10-5-3-1-2-4-6-10/h7-8,10H,1-6,9H2,(H,16,17). The number of hydrogen-bond donors (Lipinski definition) is 1. The van der Waals surface area contributed by atoms with E-state index in [0.717, 1.165) is 25.7 Å². The molecule has 1 fully saturated rings. The van der Waals surface area contributed by atoms with Gasteiger partial charge in [0.2, 0.25) is 6.79 Å². The van der Waals surface area contributed by atoms with Crippen LogP contribution in [-0.2, 0) is 0 Å². The van der Waals surface area contributed by atoms with Crippen LogP contribution in [0.4, 0.5) is 0 Å². The van der Waals surface area contributed by atoms with Gasteiger partial charge in [-0.1, -0.05) is 12.8 Å². The smallest absolute Gasteiger partial charge is 0.339 e. The third-order valence-corrected chi connectivity index (χ3v) is 3.80. The van der Waals surface area contributed by atoms with Crippen molar-refractivity contribution in [2.75, 3.05) is 6.79 Å². The van der Waals surface area contributed by atoms with Crippen LogP contribution >= 0.6 is 0 Å². The molecule has 3 rings (SSSR count). The highest BCUT2D eigenvalue weighted by atomic mass is 16.7. The number of carbonyl (C=O) groups is 1. The van der Waals surface area contributed by atoms with E-state index in [1.54, 1.807) is 6.07 Å². The molecule has 1 aliphatic carbocycles. The maximum atomic E-state index is 11.4. The van der Waals surface area contributed by atoms with Gasteiger partial charge < -0.3 is 19.3 Å². The molecule has 0 amide bonds. The maximum absolute atomic E-state index is 11.4. The fourth-order valence-corrected chi connectivity index (χ4v) is 2.73. The lowest BCUT2D eigenvalue weighted by molar-refractivity contribution is 0.0687. The zero-order valence-corrected chi connectivity index (χ0v) is 11.3. The van der Waals surface area contributed by atoms with E-state index in [0.29, 0.717) is 17.2 Å². The fourth-order valence-electron chi connectivity index (χ4n) is 2.73. The molecule has 108 valence electrons. The molecule has 1 saturated carbocycles. The van der Waals surface area contributed by atoms with Crippen LogP contribution in [0.15, 0.2) is 12.1 Å². The van der Waals surface area contributed by atoms with Gasteiger partial charge in [-0.25, -0.2) is 4.79 Å². The van der Waals surface area contributed by atoms with Crippen LogP contribution in [0.1, 0.15) is 48.9 Å². The summed E-state index contributed by atoms with van der Waals surface area (Å²) < 4.78 is 16.4. The average molecular weight is 278 g/mol. The van der Waals surface area contributed by atoms with Gasteiger partial charge >= 0.3 is 5.97 Å². The van der Waals surface area contributed by atoms with E-state index >= 15 is 0 Å². The molecule has 0 radical (unpaired) electrons. The van der Waals surface area contributed by atoms with Crippen molar-refractivity contribution in [1.82, 2.24) is 0 Å². The van der Waals surface area contributed by atoms with Crippen molar-refractivity contribution >= 4 is 5.97 Å². The fraction of sp³-hybridized carbons (Fsp3) is 0.533. The maximum Gasteiger partial charge on any atom is 0.339 e.